The van der Waals surface area contributed by atoms with Crippen LogP contribution in [0.25, 0.3) is 0 Å². The first-order chi connectivity index (χ1) is 15.6. The number of ether oxygens (including phenoxy) is 3. The van der Waals surface area contributed by atoms with Crippen molar-refractivity contribution < 1.29 is 14.2 Å². The molecule has 0 aliphatic carbocycles. The molecule has 0 radical (unpaired) electrons. The third-order valence-corrected chi connectivity index (χ3v) is 5.68. The standard InChI is InChI=1S/C25H36N4O3/c1-6-26-25(27-17-19-14-22(30-3)24(32-5)23(15-19)31-4)28-18(2)20-10-9-11-21(16-20)29-12-7-8-13-29/h9-11,14-16,18H,6-8,12-13,17H2,1-5H3,(H2,26,27,28). The highest BCUT2D eigenvalue weighted by atomic mass is 16.5. The van der Waals surface area contributed by atoms with Gasteiger partial charge in [-0.1, -0.05) is 12.1 Å². The molecule has 0 amide bonds. The van der Waals surface area contributed by atoms with Gasteiger partial charge in [-0.15, -0.1) is 0 Å². The smallest absolute Gasteiger partial charge is 0.203 e. The number of methoxy groups -OCH3 is 3. The van der Waals surface area contributed by atoms with Crippen LogP contribution in [-0.4, -0.2) is 46.9 Å². The molecule has 0 saturated carbocycles. The van der Waals surface area contributed by atoms with E-state index in [1.165, 1.54) is 24.1 Å². The van der Waals surface area contributed by atoms with Crippen LogP contribution in [-0.2, 0) is 6.54 Å². The summed E-state index contributed by atoms with van der Waals surface area (Å²) in [5.41, 5.74) is 3.51. The predicted octanol–water partition coefficient (Wildman–Crippen LogP) is 4.13. The lowest BCUT2D eigenvalue weighted by Gasteiger charge is -2.22. The largest absolute Gasteiger partial charge is 0.493 e. The maximum Gasteiger partial charge on any atom is 0.203 e. The number of anilines is 1. The number of nitrogens with zero attached hydrogens (tertiary/aromatic N) is 2. The van der Waals surface area contributed by atoms with Gasteiger partial charge in [0.15, 0.2) is 17.5 Å². The summed E-state index contributed by atoms with van der Waals surface area (Å²) in [7, 11) is 4.84. The molecule has 1 heterocycles. The van der Waals surface area contributed by atoms with E-state index in [2.05, 4.69) is 53.6 Å². The number of nitrogens with one attached hydrogen (secondary N) is 2. The molecule has 2 aromatic rings. The number of rotatable bonds is 9. The van der Waals surface area contributed by atoms with Crippen molar-refractivity contribution in [2.24, 2.45) is 4.99 Å². The number of hydrogen-bond donors (Lipinski definition) is 2. The zero-order valence-corrected chi connectivity index (χ0v) is 19.9. The van der Waals surface area contributed by atoms with Crippen LogP contribution < -0.4 is 29.7 Å². The summed E-state index contributed by atoms with van der Waals surface area (Å²) in [4.78, 5) is 7.25. The van der Waals surface area contributed by atoms with E-state index >= 15 is 0 Å². The van der Waals surface area contributed by atoms with Gasteiger partial charge >= 0.3 is 0 Å². The van der Waals surface area contributed by atoms with Crippen LogP contribution in [0.1, 0.15) is 43.9 Å². The second kappa shape index (κ2) is 11.5. The average molecular weight is 441 g/mol. The number of aliphatic imine (C=N–C) groups is 1. The first-order valence-electron chi connectivity index (χ1n) is 11.3. The minimum Gasteiger partial charge on any atom is -0.493 e. The molecule has 7 nitrogen and oxygen atoms in total. The molecule has 1 aliphatic heterocycles. The van der Waals surface area contributed by atoms with Crippen LogP contribution in [0.2, 0.25) is 0 Å². The van der Waals surface area contributed by atoms with E-state index < -0.39 is 0 Å². The summed E-state index contributed by atoms with van der Waals surface area (Å²) in [6.45, 7) is 7.77. The van der Waals surface area contributed by atoms with Gasteiger partial charge in [0.2, 0.25) is 5.75 Å². The fourth-order valence-corrected chi connectivity index (χ4v) is 3.97. The Morgan fingerprint density at radius 3 is 2.31 bits per heavy atom. The van der Waals surface area contributed by atoms with Crippen LogP contribution in [0.3, 0.4) is 0 Å². The molecule has 32 heavy (non-hydrogen) atoms. The average Bonchev–Trinajstić information content (AvgIpc) is 3.37. The Bertz CT molecular complexity index is 885. The van der Waals surface area contributed by atoms with Crippen molar-refractivity contribution >= 4 is 11.6 Å². The SMILES string of the molecule is CCNC(=NCc1cc(OC)c(OC)c(OC)c1)NC(C)c1cccc(N2CCCC2)c1. The zero-order valence-electron chi connectivity index (χ0n) is 19.9. The Hall–Kier alpha value is -3.09. The summed E-state index contributed by atoms with van der Waals surface area (Å²) in [5.74, 6) is 2.60. The molecular formula is C25H36N4O3. The summed E-state index contributed by atoms with van der Waals surface area (Å²) in [5, 5.41) is 6.88. The van der Waals surface area contributed by atoms with Crippen molar-refractivity contribution in [1.82, 2.24) is 10.6 Å². The van der Waals surface area contributed by atoms with E-state index in [0.29, 0.717) is 23.8 Å². The van der Waals surface area contributed by atoms with Crippen LogP contribution in [0.4, 0.5) is 5.69 Å². The lowest BCUT2D eigenvalue weighted by molar-refractivity contribution is 0.324. The van der Waals surface area contributed by atoms with Crippen LogP contribution >= 0.6 is 0 Å². The molecule has 1 fully saturated rings. The molecule has 1 saturated heterocycles. The Balaban J connectivity index is 1.74. The van der Waals surface area contributed by atoms with Crippen LogP contribution in [0, 0.1) is 0 Å². The zero-order chi connectivity index (χ0) is 22.9. The Morgan fingerprint density at radius 1 is 1.03 bits per heavy atom. The predicted molar refractivity (Wildman–Crippen MR) is 130 cm³/mol. The summed E-state index contributed by atoms with van der Waals surface area (Å²) in [6, 6.07) is 12.8. The first kappa shape index (κ1) is 23.6. The highest BCUT2D eigenvalue weighted by Gasteiger charge is 2.15. The maximum atomic E-state index is 5.46. The van der Waals surface area contributed by atoms with Gasteiger partial charge in [-0.05, 0) is 62.1 Å². The van der Waals surface area contributed by atoms with Gasteiger partial charge in [0.1, 0.15) is 0 Å². The van der Waals surface area contributed by atoms with Gasteiger partial charge in [-0.2, -0.15) is 0 Å². The molecular weight excluding hydrogens is 404 g/mol. The van der Waals surface area contributed by atoms with E-state index in [4.69, 9.17) is 19.2 Å². The maximum absolute atomic E-state index is 5.46. The van der Waals surface area contributed by atoms with Crippen molar-refractivity contribution in [3.8, 4) is 17.2 Å². The van der Waals surface area contributed by atoms with E-state index in [9.17, 15) is 0 Å². The second-order valence-electron chi connectivity index (χ2n) is 7.88. The number of guanidine groups is 1. The molecule has 3 rings (SSSR count). The van der Waals surface area contributed by atoms with Crippen molar-refractivity contribution in [3.63, 3.8) is 0 Å². The molecule has 174 valence electrons. The normalized spacial score (nSPS) is 14.8. The minimum atomic E-state index is 0.121. The van der Waals surface area contributed by atoms with E-state index in [0.717, 1.165) is 31.2 Å². The van der Waals surface area contributed by atoms with Crippen molar-refractivity contribution in [3.05, 3.63) is 47.5 Å². The highest BCUT2D eigenvalue weighted by Crippen LogP contribution is 2.38. The molecule has 2 N–H and O–H groups in total. The summed E-state index contributed by atoms with van der Waals surface area (Å²) < 4.78 is 16.3. The fraction of sp³-hybridized carbons (Fsp3) is 0.480. The van der Waals surface area contributed by atoms with Crippen molar-refractivity contribution in [1.29, 1.82) is 0 Å². The second-order valence-corrected chi connectivity index (χ2v) is 7.88. The molecule has 0 bridgehead atoms. The third kappa shape index (κ3) is 5.78. The molecule has 7 heteroatoms. The van der Waals surface area contributed by atoms with Crippen molar-refractivity contribution in [2.75, 3.05) is 45.9 Å². The topological polar surface area (TPSA) is 67.4 Å². The Labute approximate surface area is 191 Å². The molecule has 1 atom stereocenters. The molecule has 2 aromatic carbocycles. The van der Waals surface area contributed by atoms with E-state index in [-0.39, 0.29) is 6.04 Å². The Morgan fingerprint density at radius 2 is 1.72 bits per heavy atom. The van der Waals surface area contributed by atoms with E-state index in [1.54, 1.807) is 21.3 Å². The van der Waals surface area contributed by atoms with Crippen LogP contribution in [0.5, 0.6) is 17.2 Å². The van der Waals surface area contributed by atoms with Crippen LogP contribution in [0.15, 0.2) is 41.4 Å². The lowest BCUT2D eigenvalue weighted by Crippen LogP contribution is -2.38. The third-order valence-electron chi connectivity index (χ3n) is 5.68. The monoisotopic (exact) mass is 440 g/mol. The number of hydrogen-bond acceptors (Lipinski definition) is 5. The Kier molecular flexibility index (Phi) is 8.48. The lowest BCUT2D eigenvalue weighted by atomic mass is 10.1. The molecule has 0 spiro atoms. The van der Waals surface area contributed by atoms with Crippen molar-refractivity contribution in [2.45, 2.75) is 39.3 Å². The minimum absolute atomic E-state index is 0.121. The summed E-state index contributed by atoms with van der Waals surface area (Å²) >= 11 is 0. The quantitative estimate of drug-likeness (QED) is 0.451. The van der Waals surface area contributed by atoms with Gasteiger partial charge in [0.05, 0.1) is 33.9 Å². The molecule has 1 aliphatic rings. The highest BCUT2D eigenvalue weighted by molar-refractivity contribution is 5.80. The van der Waals surface area contributed by atoms with Gasteiger partial charge in [-0.3, -0.25) is 0 Å². The van der Waals surface area contributed by atoms with E-state index in [1.807, 2.05) is 12.1 Å². The van der Waals surface area contributed by atoms with Gasteiger partial charge in [-0.25, -0.2) is 4.99 Å². The first-order valence-corrected chi connectivity index (χ1v) is 11.3. The molecule has 0 aromatic heterocycles. The summed E-state index contributed by atoms with van der Waals surface area (Å²) in [6.07, 6.45) is 2.55. The van der Waals surface area contributed by atoms with Gasteiger partial charge in [0.25, 0.3) is 0 Å². The number of benzene rings is 2. The van der Waals surface area contributed by atoms with Gasteiger partial charge in [0, 0.05) is 25.3 Å². The fourth-order valence-electron chi connectivity index (χ4n) is 3.97. The van der Waals surface area contributed by atoms with Gasteiger partial charge < -0.3 is 29.7 Å². The molecule has 1 unspecified atom stereocenters.